The molecule has 164 valence electrons. The average Bonchev–Trinajstić information content (AvgIpc) is 3.07. The summed E-state index contributed by atoms with van der Waals surface area (Å²) in [6.45, 7) is 6.77. The van der Waals surface area contributed by atoms with Crippen molar-refractivity contribution in [3.8, 4) is 11.5 Å². The van der Waals surface area contributed by atoms with Crippen LogP contribution in [0.15, 0.2) is 58.4 Å². The Morgan fingerprint density at radius 1 is 1.10 bits per heavy atom. The quantitative estimate of drug-likeness (QED) is 0.342. The van der Waals surface area contributed by atoms with Gasteiger partial charge in [0.2, 0.25) is 0 Å². The molecule has 0 N–H and O–H groups in total. The van der Waals surface area contributed by atoms with Crippen molar-refractivity contribution in [3.05, 3.63) is 59.0 Å². The van der Waals surface area contributed by atoms with Gasteiger partial charge in [-0.15, -0.1) is 0 Å². The van der Waals surface area contributed by atoms with E-state index in [9.17, 15) is 4.79 Å². The van der Waals surface area contributed by atoms with Gasteiger partial charge < -0.3 is 9.47 Å². The molecule has 1 aliphatic heterocycles. The minimum atomic E-state index is -0.0468. The highest BCUT2D eigenvalue weighted by Crippen LogP contribution is 2.39. The summed E-state index contributed by atoms with van der Waals surface area (Å²) >= 11 is 1.39. The van der Waals surface area contributed by atoms with Crippen molar-refractivity contribution in [2.24, 2.45) is 4.99 Å². The molecule has 5 nitrogen and oxygen atoms in total. The van der Waals surface area contributed by atoms with E-state index in [-0.39, 0.29) is 11.9 Å². The van der Waals surface area contributed by atoms with E-state index in [2.05, 4.69) is 6.92 Å². The second-order valence-corrected chi connectivity index (χ2v) is 8.55. The first kappa shape index (κ1) is 22.9. The fraction of sp³-hybridized carbons (Fsp3) is 0.360. The molecule has 0 unspecified atom stereocenters. The molecule has 0 saturated carbocycles. The van der Waals surface area contributed by atoms with Gasteiger partial charge in [-0.1, -0.05) is 50.1 Å². The zero-order valence-electron chi connectivity index (χ0n) is 18.6. The van der Waals surface area contributed by atoms with Gasteiger partial charge in [-0.25, -0.2) is 4.99 Å². The number of thioether (sulfide) groups is 1. The molecule has 1 heterocycles. The van der Waals surface area contributed by atoms with Gasteiger partial charge in [-0.2, -0.15) is 0 Å². The second-order valence-electron chi connectivity index (χ2n) is 7.54. The highest BCUT2D eigenvalue weighted by molar-refractivity contribution is 8.18. The number of nitrogens with zero attached hydrogens (tertiary/aromatic N) is 2. The molecular formula is C25H30N2O3S. The number of rotatable bonds is 9. The van der Waals surface area contributed by atoms with Gasteiger partial charge in [0.15, 0.2) is 16.7 Å². The molecule has 0 spiro atoms. The number of methoxy groups -OCH3 is 1. The van der Waals surface area contributed by atoms with Crippen LogP contribution in [0.2, 0.25) is 0 Å². The van der Waals surface area contributed by atoms with Crippen molar-refractivity contribution in [2.45, 2.75) is 46.1 Å². The zero-order valence-corrected chi connectivity index (χ0v) is 19.4. The Balaban J connectivity index is 1.94. The van der Waals surface area contributed by atoms with Crippen molar-refractivity contribution in [1.82, 2.24) is 4.90 Å². The molecule has 31 heavy (non-hydrogen) atoms. The molecule has 0 bridgehead atoms. The number of amidine groups is 1. The Morgan fingerprint density at radius 2 is 1.87 bits per heavy atom. The van der Waals surface area contributed by atoms with Crippen molar-refractivity contribution in [1.29, 1.82) is 0 Å². The molecule has 1 fully saturated rings. The lowest BCUT2D eigenvalue weighted by molar-refractivity contribution is -0.123. The Kier molecular flexibility index (Phi) is 8.18. The lowest BCUT2D eigenvalue weighted by Crippen LogP contribution is -2.35. The first-order valence-corrected chi connectivity index (χ1v) is 11.5. The SMILES string of the molecule is CCCCCOc1c(/C=C2/SC(=Nc3ccccc3)N(C(C)C)C2=O)cccc1OC. The standard InChI is InChI=1S/C25H30N2O3S/c1-5-6-10-16-30-23-19(12-11-15-21(23)29-4)17-22-24(28)27(18(2)3)25(31-22)26-20-13-8-7-9-14-20/h7-9,11-15,17-18H,5-6,10,16H2,1-4H3/b22-17+,26-25?. The highest BCUT2D eigenvalue weighted by atomic mass is 32.2. The van der Waals surface area contributed by atoms with E-state index in [1.54, 1.807) is 12.0 Å². The molecule has 0 atom stereocenters. The lowest BCUT2D eigenvalue weighted by Gasteiger charge is -2.19. The van der Waals surface area contributed by atoms with Crippen molar-refractivity contribution < 1.29 is 14.3 Å². The molecule has 6 heteroatoms. The summed E-state index contributed by atoms with van der Waals surface area (Å²) in [5, 5.41) is 0.686. The number of unbranched alkanes of at least 4 members (excludes halogenated alkanes) is 2. The Morgan fingerprint density at radius 3 is 2.55 bits per heavy atom. The molecule has 0 aromatic heterocycles. The van der Waals surface area contributed by atoms with Gasteiger partial charge in [0.25, 0.3) is 5.91 Å². The average molecular weight is 439 g/mol. The van der Waals surface area contributed by atoms with Crippen molar-refractivity contribution in [2.75, 3.05) is 13.7 Å². The number of hydrogen-bond donors (Lipinski definition) is 0. The third-order valence-corrected chi connectivity index (χ3v) is 5.83. The molecule has 1 aliphatic rings. The van der Waals surface area contributed by atoms with E-state index in [1.165, 1.54) is 11.8 Å². The summed E-state index contributed by atoms with van der Waals surface area (Å²) in [5.41, 5.74) is 1.65. The molecular weight excluding hydrogens is 408 g/mol. The van der Waals surface area contributed by atoms with Crippen LogP contribution in [0.3, 0.4) is 0 Å². The maximum Gasteiger partial charge on any atom is 0.266 e. The smallest absolute Gasteiger partial charge is 0.266 e. The fourth-order valence-electron chi connectivity index (χ4n) is 3.26. The van der Waals surface area contributed by atoms with Crippen LogP contribution < -0.4 is 9.47 Å². The maximum absolute atomic E-state index is 13.2. The van der Waals surface area contributed by atoms with E-state index >= 15 is 0 Å². The van der Waals surface area contributed by atoms with Gasteiger partial charge in [0.05, 0.1) is 24.3 Å². The molecule has 2 aromatic rings. The third-order valence-electron chi connectivity index (χ3n) is 4.84. The summed E-state index contributed by atoms with van der Waals surface area (Å²) in [5.74, 6) is 1.29. The Hall–Kier alpha value is -2.73. The Labute approximate surface area is 189 Å². The van der Waals surface area contributed by atoms with Crippen molar-refractivity contribution in [3.63, 3.8) is 0 Å². The van der Waals surface area contributed by atoms with E-state index in [1.807, 2.05) is 68.5 Å². The number of para-hydroxylation sites is 2. The molecule has 2 aromatic carbocycles. The first-order chi connectivity index (χ1) is 15.0. The fourth-order valence-corrected chi connectivity index (χ4v) is 4.37. The highest BCUT2D eigenvalue weighted by Gasteiger charge is 2.35. The predicted octanol–water partition coefficient (Wildman–Crippen LogP) is 6.28. The predicted molar refractivity (Wildman–Crippen MR) is 129 cm³/mol. The number of aliphatic imine (C=N–C) groups is 1. The van der Waals surface area contributed by atoms with E-state index in [0.717, 1.165) is 30.5 Å². The molecule has 0 aliphatic carbocycles. The van der Waals surface area contributed by atoms with Crippen LogP contribution in [0, 0.1) is 0 Å². The maximum atomic E-state index is 13.2. The number of ether oxygens (including phenoxy) is 2. The number of carbonyl (C=O) groups is 1. The first-order valence-electron chi connectivity index (χ1n) is 10.7. The summed E-state index contributed by atoms with van der Waals surface area (Å²) in [6, 6.07) is 15.4. The van der Waals surface area contributed by atoms with Gasteiger partial charge in [0, 0.05) is 11.6 Å². The number of carbonyl (C=O) groups excluding carboxylic acids is 1. The third kappa shape index (κ3) is 5.70. The van der Waals surface area contributed by atoms with E-state index in [0.29, 0.717) is 28.2 Å². The van der Waals surface area contributed by atoms with Gasteiger partial charge in [0.1, 0.15) is 0 Å². The molecule has 0 radical (unpaired) electrons. The van der Waals surface area contributed by atoms with Crippen molar-refractivity contribution >= 4 is 34.6 Å². The summed E-state index contributed by atoms with van der Waals surface area (Å²) in [4.78, 5) is 20.3. The number of benzene rings is 2. The summed E-state index contributed by atoms with van der Waals surface area (Å²) in [7, 11) is 1.63. The van der Waals surface area contributed by atoms with Crippen LogP contribution >= 0.6 is 11.8 Å². The van der Waals surface area contributed by atoms with Crippen LogP contribution in [0.1, 0.15) is 45.6 Å². The normalized spacial score (nSPS) is 16.5. The van der Waals surface area contributed by atoms with Gasteiger partial charge in [-0.3, -0.25) is 9.69 Å². The zero-order chi connectivity index (χ0) is 22.2. The topological polar surface area (TPSA) is 51.1 Å². The monoisotopic (exact) mass is 438 g/mol. The van der Waals surface area contributed by atoms with Crippen LogP contribution in [-0.4, -0.2) is 35.7 Å². The van der Waals surface area contributed by atoms with Crippen LogP contribution in [-0.2, 0) is 4.79 Å². The van der Waals surface area contributed by atoms with Crippen LogP contribution in [0.4, 0.5) is 5.69 Å². The van der Waals surface area contributed by atoms with E-state index < -0.39 is 0 Å². The number of amides is 1. The minimum Gasteiger partial charge on any atom is -0.493 e. The largest absolute Gasteiger partial charge is 0.493 e. The number of hydrogen-bond acceptors (Lipinski definition) is 5. The second kappa shape index (κ2) is 11.0. The molecule has 1 saturated heterocycles. The summed E-state index contributed by atoms with van der Waals surface area (Å²) < 4.78 is 11.6. The lowest BCUT2D eigenvalue weighted by atomic mass is 10.1. The summed E-state index contributed by atoms with van der Waals surface area (Å²) in [6.07, 6.45) is 5.11. The van der Waals surface area contributed by atoms with Gasteiger partial charge >= 0.3 is 0 Å². The Bertz CT molecular complexity index is 954. The van der Waals surface area contributed by atoms with E-state index in [4.69, 9.17) is 14.5 Å². The van der Waals surface area contributed by atoms with Crippen LogP contribution in [0.25, 0.3) is 6.08 Å². The molecule has 1 amide bonds. The van der Waals surface area contributed by atoms with Gasteiger partial charge in [-0.05, 0) is 56.3 Å². The molecule has 3 rings (SSSR count). The minimum absolute atomic E-state index is 0.00318. The van der Waals surface area contributed by atoms with Crippen LogP contribution in [0.5, 0.6) is 11.5 Å².